The summed E-state index contributed by atoms with van der Waals surface area (Å²) < 4.78 is 36.3. The highest BCUT2D eigenvalue weighted by atomic mass is 19.1. The zero-order valence-electron chi connectivity index (χ0n) is 20.1. The van der Waals surface area contributed by atoms with E-state index in [-0.39, 0.29) is 30.8 Å². The van der Waals surface area contributed by atoms with Crippen molar-refractivity contribution < 1.29 is 38.1 Å². The zero-order chi connectivity index (χ0) is 25.2. The van der Waals surface area contributed by atoms with E-state index in [1.54, 1.807) is 20.8 Å². The van der Waals surface area contributed by atoms with E-state index in [0.717, 1.165) is 6.08 Å². The van der Waals surface area contributed by atoms with Gasteiger partial charge in [0.2, 0.25) is 11.6 Å². The Bertz CT molecular complexity index is 974. The first-order valence-electron chi connectivity index (χ1n) is 12.2. The molecule has 2 N–H and O–H groups in total. The maximum absolute atomic E-state index is 15.5. The second kappa shape index (κ2) is 8.33. The number of halogens is 2. The number of carbonyl (C=O) groups is 3. The number of rotatable bonds is 5. The van der Waals surface area contributed by atoms with E-state index < -0.39 is 76.4 Å². The van der Waals surface area contributed by atoms with Crippen LogP contribution in [0, 0.1) is 34.5 Å². The molecule has 188 valence electrons. The number of aliphatic hydroxyl groups is 2. The Labute approximate surface area is 198 Å². The van der Waals surface area contributed by atoms with Crippen molar-refractivity contribution in [2.75, 3.05) is 6.61 Å². The van der Waals surface area contributed by atoms with Crippen molar-refractivity contribution >= 4 is 17.5 Å². The van der Waals surface area contributed by atoms with Gasteiger partial charge in [0, 0.05) is 34.7 Å². The molecule has 0 aromatic rings. The number of aliphatic hydroxyl groups excluding tert-OH is 2. The van der Waals surface area contributed by atoms with Crippen LogP contribution in [-0.2, 0) is 19.1 Å². The van der Waals surface area contributed by atoms with Crippen LogP contribution >= 0.6 is 0 Å². The van der Waals surface area contributed by atoms with Gasteiger partial charge in [-0.25, -0.2) is 8.78 Å². The van der Waals surface area contributed by atoms with Crippen molar-refractivity contribution in [3.63, 3.8) is 0 Å². The third-order valence-electron chi connectivity index (χ3n) is 9.38. The van der Waals surface area contributed by atoms with Gasteiger partial charge in [-0.1, -0.05) is 33.8 Å². The summed E-state index contributed by atoms with van der Waals surface area (Å²) in [6.07, 6.45) is 0.881. The molecular formula is C26H34F2O6. The van der Waals surface area contributed by atoms with Gasteiger partial charge in [-0.15, -0.1) is 0 Å². The standard InChI is InChI=1S/C26H34F2O6/c1-5-6-20(33)34-26(19(32)12-29)13(2)9-15-14-10-16(27)22-23(28)17(30)7-8-24(22,3)21(14)18(31)11-25(15,26)4/h7-8,13-16,18,21,29,31H,5-6,9-12H2,1-4H3/t13-,14-,15-,16-,18-,21+,24+,25-,26-/m0/s1. The number of ketones is 2. The van der Waals surface area contributed by atoms with E-state index in [1.165, 1.54) is 6.08 Å². The van der Waals surface area contributed by atoms with Gasteiger partial charge in [0.15, 0.2) is 11.4 Å². The molecule has 4 aliphatic carbocycles. The van der Waals surface area contributed by atoms with E-state index in [0.29, 0.717) is 12.8 Å². The Balaban J connectivity index is 1.83. The van der Waals surface area contributed by atoms with Crippen LogP contribution in [0.3, 0.4) is 0 Å². The van der Waals surface area contributed by atoms with E-state index >= 15 is 4.39 Å². The van der Waals surface area contributed by atoms with Gasteiger partial charge in [0.05, 0.1) is 6.10 Å². The predicted molar refractivity (Wildman–Crippen MR) is 119 cm³/mol. The lowest BCUT2D eigenvalue weighted by Crippen LogP contribution is -2.65. The molecular weight excluding hydrogens is 446 g/mol. The minimum Gasteiger partial charge on any atom is -0.450 e. The first-order chi connectivity index (χ1) is 15.9. The molecule has 4 aliphatic rings. The van der Waals surface area contributed by atoms with Crippen molar-refractivity contribution in [3.05, 3.63) is 23.6 Å². The van der Waals surface area contributed by atoms with Crippen LogP contribution in [0.15, 0.2) is 23.6 Å². The third-order valence-corrected chi connectivity index (χ3v) is 9.38. The van der Waals surface area contributed by atoms with Crippen LogP contribution in [0.5, 0.6) is 0 Å². The average molecular weight is 481 g/mol. The Morgan fingerprint density at radius 1 is 1.26 bits per heavy atom. The van der Waals surface area contributed by atoms with E-state index in [1.807, 2.05) is 6.92 Å². The molecule has 0 spiro atoms. The number of Topliss-reactive ketones (excluding diaryl/α,β-unsaturated/α-hetero) is 1. The molecule has 8 heteroatoms. The highest BCUT2D eigenvalue weighted by molar-refractivity contribution is 6.04. The fourth-order valence-electron chi connectivity index (χ4n) is 8.17. The molecule has 0 aliphatic heterocycles. The maximum Gasteiger partial charge on any atom is 0.306 e. The highest BCUT2D eigenvalue weighted by Gasteiger charge is 2.73. The maximum atomic E-state index is 15.5. The molecule has 0 unspecified atom stereocenters. The molecule has 3 saturated carbocycles. The SMILES string of the molecule is CCCC(=O)O[C@]1(C(=O)CO)[C@@H](C)C[C@H]2[C@@H]3C[C@H](F)C4=C(F)C(=O)C=C[C@]4(C)[C@H]3[C@@H](O)C[C@@]21C. The minimum absolute atomic E-state index is 0.0670. The second-order valence-corrected chi connectivity index (χ2v) is 11.1. The molecule has 0 radical (unpaired) electrons. The van der Waals surface area contributed by atoms with Gasteiger partial charge in [-0.2, -0.15) is 0 Å². The number of alkyl halides is 1. The number of allylic oxidation sites excluding steroid dienone is 4. The van der Waals surface area contributed by atoms with Gasteiger partial charge in [-0.3, -0.25) is 14.4 Å². The van der Waals surface area contributed by atoms with Crippen LogP contribution in [0.1, 0.15) is 59.8 Å². The lowest BCUT2D eigenvalue weighted by atomic mass is 9.45. The fourth-order valence-corrected chi connectivity index (χ4v) is 8.17. The van der Waals surface area contributed by atoms with Crippen molar-refractivity contribution in [1.29, 1.82) is 0 Å². The lowest BCUT2D eigenvalue weighted by molar-refractivity contribution is -0.206. The summed E-state index contributed by atoms with van der Waals surface area (Å²) in [6, 6.07) is 0. The molecule has 9 atom stereocenters. The van der Waals surface area contributed by atoms with Crippen LogP contribution in [0.25, 0.3) is 0 Å². The molecule has 3 fully saturated rings. The second-order valence-electron chi connectivity index (χ2n) is 11.1. The van der Waals surface area contributed by atoms with Crippen molar-refractivity contribution in [3.8, 4) is 0 Å². The molecule has 0 heterocycles. The van der Waals surface area contributed by atoms with E-state index in [4.69, 9.17) is 4.74 Å². The molecule has 0 aromatic carbocycles. The Kier molecular flexibility index (Phi) is 6.17. The summed E-state index contributed by atoms with van der Waals surface area (Å²) in [6.45, 7) is 6.24. The fraction of sp³-hybridized carbons (Fsp3) is 0.731. The normalized spacial score (nSPS) is 45.5. The van der Waals surface area contributed by atoms with Crippen LogP contribution < -0.4 is 0 Å². The first-order valence-corrected chi connectivity index (χ1v) is 12.2. The summed E-state index contributed by atoms with van der Waals surface area (Å²) in [5.41, 5.74) is -4.07. The smallest absolute Gasteiger partial charge is 0.306 e. The topological polar surface area (TPSA) is 101 Å². The van der Waals surface area contributed by atoms with Gasteiger partial charge >= 0.3 is 5.97 Å². The van der Waals surface area contributed by atoms with Crippen molar-refractivity contribution in [2.24, 2.45) is 34.5 Å². The van der Waals surface area contributed by atoms with Crippen LogP contribution in [0.2, 0.25) is 0 Å². The molecule has 0 aromatic heterocycles. The van der Waals surface area contributed by atoms with E-state index in [9.17, 15) is 29.0 Å². The van der Waals surface area contributed by atoms with Crippen LogP contribution in [0.4, 0.5) is 8.78 Å². The number of ether oxygens (including phenoxy) is 1. The van der Waals surface area contributed by atoms with Crippen molar-refractivity contribution in [2.45, 2.75) is 77.7 Å². The van der Waals surface area contributed by atoms with Gasteiger partial charge in [0.1, 0.15) is 12.8 Å². The monoisotopic (exact) mass is 480 g/mol. The summed E-state index contributed by atoms with van der Waals surface area (Å²) in [5.74, 6) is -4.90. The number of esters is 1. The van der Waals surface area contributed by atoms with Crippen molar-refractivity contribution in [1.82, 2.24) is 0 Å². The van der Waals surface area contributed by atoms with Gasteiger partial charge < -0.3 is 14.9 Å². The summed E-state index contributed by atoms with van der Waals surface area (Å²) in [5, 5.41) is 21.3. The third kappa shape index (κ3) is 3.13. The molecule has 6 nitrogen and oxygen atoms in total. The molecule has 4 rings (SSSR count). The Hall–Kier alpha value is -1.93. The number of hydrogen-bond donors (Lipinski definition) is 2. The lowest BCUT2D eigenvalue weighted by Gasteiger charge is -2.60. The summed E-state index contributed by atoms with van der Waals surface area (Å²) >= 11 is 0. The zero-order valence-corrected chi connectivity index (χ0v) is 20.1. The van der Waals surface area contributed by atoms with E-state index in [2.05, 4.69) is 0 Å². The molecule has 0 saturated heterocycles. The first kappa shape index (κ1) is 25.2. The quantitative estimate of drug-likeness (QED) is 0.585. The highest BCUT2D eigenvalue weighted by Crippen LogP contribution is 2.69. The largest absolute Gasteiger partial charge is 0.450 e. The number of carbonyl (C=O) groups excluding carboxylic acids is 3. The van der Waals surface area contributed by atoms with Gasteiger partial charge in [0.25, 0.3) is 0 Å². The predicted octanol–water partition coefficient (Wildman–Crippen LogP) is 3.40. The number of hydrogen-bond acceptors (Lipinski definition) is 6. The summed E-state index contributed by atoms with van der Waals surface area (Å²) in [4.78, 5) is 37.8. The Morgan fingerprint density at radius 3 is 2.56 bits per heavy atom. The average Bonchev–Trinajstić information content (AvgIpc) is 2.97. The van der Waals surface area contributed by atoms with Crippen LogP contribution in [-0.4, -0.2) is 52.2 Å². The molecule has 0 amide bonds. The molecule has 34 heavy (non-hydrogen) atoms. The molecule has 0 bridgehead atoms. The van der Waals surface area contributed by atoms with Gasteiger partial charge in [-0.05, 0) is 43.6 Å². The number of fused-ring (bicyclic) bond motifs is 5. The Morgan fingerprint density at radius 2 is 1.94 bits per heavy atom. The summed E-state index contributed by atoms with van der Waals surface area (Å²) in [7, 11) is 0. The minimum atomic E-state index is -1.71.